The Kier molecular flexibility index (Phi) is 11.3. The number of allylic oxidation sites excluding steroid dienone is 2. The van der Waals surface area contributed by atoms with Crippen molar-refractivity contribution >= 4 is 12.2 Å². The summed E-state index contributed by atoms with van der Waals surface area (Å²) in [5.41, 5.74) is 15.8. The zero-order valence-corrected chi connectivity index (χ0v) is 36.3. The third-order valence-electron chi connectivity index (χ3n) is 10.5. The van der Waals surface area contributed by atoms with Gasteiger partial charge in [0.1, 0.15) is 0 Å². The minimum absolute atomic E-state index is 0. The molecule has 264 valence electrons. The molecule has 2 atom stereocenters. The Morgan fingerprint density at radius 1 is 0.453 bits per heavy atom. The number of fused-ring (bicyclic) bond motifs is 2. The molecule has 0 aliphatic heterocycles. The smallest absolute Gasteiger partial charge is 1.00 e. The van der Waals surface area contributed by atoms with Gasteiger partial charge >= 0.3 is 317 Å². The summed E-state index contributed by atoms with van der Waals surface area (Å²) in [5, 5.41) is 0. The van der Waals surface area contributed by atoms with Crippen LogP contribution in [0.15, 0.2) is 140 Å². The van der Waals surface area contributed by atoms with Crippen molar-refractivity contribution in [3.63, 3.8) is 0 Å². The summed E-state index contributed by atoms with van der Waals surface area (Å²) in [4.78, 5) is 9.96. The number of halogens is 2. The van der Waals surface area contributed by atoms with Crippen LogP contribution in [0.4, 0.5) is 0 Å². The largest absolute Gasteiger partial charge is 1.00 e. The first-order valence-electron chi connectivity index (χ1n) is 18.1. The molecular weight excluding hydrogens is 854 g/mol. The van der Waals surface area contributed by atoms with Gasteiger partial charge < -0.3 is 24.8 Å². The number of hydrogen-bond donors (Lipinski definition) is 0. The van der Waals surface area contributed by atoms with E-state index in [1.54, 1.807) is 6.66 Å². The van der Waals surface area contributed by atoms with E-state index in [1.165, 1.54) is 55.6 Å². The van der Waals surface area contributed by atoms with E-state index >= 15 is 0 Å². The van der Waals surface area contributed by atoms with Gasteiger partial charge in [0.2, 0.25) is 0 Å². The molecule has 0 fully saturated rings. The summed E-state index contributed by atoms with van der Waals surface area (Å²) in [6.07, 6.45) is 9.01. The van der Waals surface area contributed by atoms with Gasteiger partial charge in [0.15, 0.2) is 0 Å². The maximum absolute atomic E-state index is 4.98. The summed E-state index contributed by atoms with van der Waals surface area (Å²) >= 11 is -1.66. The van der Waals surface area contributed by atoms with Gasteiger partial charge in [-0.2, -0.15) is 0 Å². The number of hydrogen-bond acceptors (Lipinski definition) is 2. The number of rotatable bonds is 6. The average Bonchev–Trinajstić information content (AvgIpc) is 3.69. The van der Waals surface area contributed by atoms with Crippen LogP contribution in [0.3, 0.4) is 0 Å². The maximum atomic E-state index is 4.98. The Labute approximate surface area is 339 Å². The summed E-state index contributed by atoms with van der Waals surface area (Å²) < 4.78 is 3.14. The quantitative estimate of drug-likeness (QED) is 0.187. The van der Waals surface area contributed by atoms with E-state index in [0.717, 1.165) is 11.4 Å². The number of benzene rings is 4. The third kappa shape index (κ3) is 7.59. The minimum atomic E-state index is -1.66. The van der Waals surface area contributed by atoms with E-state index < -0.39 is 22.9 Å². The monoisotopic (exact) mass is 898 g/mol. The van der Waals surface area contributed by atoms with Crippen LogP contribution in [0.25, 0.3) is 34.4 Å². The molecular formula is C48H44Cl2HfN2. The van der Waals surface area contributed by atoms with Crippen molar-refractivity contribution in [2.45, 2.75) is 64.2 Å². The molecule has 0 radical (unpaired) electrons. The summed E-state index contributed by atoms with van der Waals surface area (Å²) in [5.74, 6) is 0.327. The summed E-state index contributed by atoms with van der Waals surface area (Å²) in [6, 6.07) is 45.0. The first-order valence-corrected chi connectivity index (χ1v) is 21.7. The zero-order chi connectivity index (χ0) is 35.3. The van der Waals surface area contributed by atoms with Crippen LogP contribution in [-0.2, 0) is 33.7 Å². The van der Waals surface area contributed by atoms with Crippen molar-refractivity contribution < 1.29 is 47.7 Å². The van der Waals surface area contributed by atoms with Crippen molar-refractivity contribution in [2.75, 3.05) is 0 Å². The van der Waals surface area contributed by atoms with Crippen molar-refractivity contribution in [3.05, 3.63) is 185 Å². The van der Waals surface area contributed by atoms with Crippen LogP contribution in [0, 0.1) is 0 Å². The molecule has 0 spiro atoms. The molecule has 8 rings (SSSR count). The zero-order valence-electron chi connectivity index (χ0n) is 31.2. The molecule has 2 aliphatic rings. The van der Waals surface area contributed by atoms with Crippen LogP contribution in [-0.4, -0.2) is 9.97 Å². The van der Waals surface area contributed by atoms with E-state index in [1.807, 2.05) is 24.5 Å². The Morgan fingerprint density at radius 3 is 1.19 bits per heavy atom. The first kappa shape index (κ1) is 38.8. The molecule has 2 unspecified atom stereocenters. The van der Waals surface area contributed by atoms with Gasteiger partial charge in [0.25, 0.3) is 0 Å². The Bertz CT molecular complexity index is 2120. The standard InChI is InChI=1S/2C24H22N.2ClH.Hf/c2*1-24(2,3)18-12-10-17(11-13-18)19-7-6-8-20-21(19)14-15-22(20)23-9-4-5-16-25-23;;;/h2*4-14,16,22H,1-3H3;2*1H;/q;;;;+2/p-2. The van der Waals surface area contributed by atoms with E-state index in [2.05, 4.69) is 163 Å². The Balaban J connectivity index is 0.00000240. The number of aromatic nitrogens is 2. The molecule has 5 heteroatoms. The Morgan fingerprint density at radius 2 is 0.849 bits per heavy atom. The minimum Gasteiger partial charge on any atom is -1.00 e. The van der Waals surface area contributed by atoms with Crippen LogP contribution >= 0.6 is 0 Å². The van der Waals surface area contributed by atoms with Crippen molar-refractivity contribution in [2.24, 2.45) is 0 Å². The molecule has 2 aromatic heterocycles. The molecule has 0 saturated carbocycles. The molecule has 4 aromatic carbocycles. The molecule has 53 heavy (non-hydrogen) atoms. The predicted octanol–water partition coefficient (Wildman–Crippen LogP) is 6.17. The fourth-order valence-corrected chi connectivity index (χ4v) is 13.7. The van der Waals surface area contributed by atoms with E-state index in [4.69, 9.17) is 9.97 Å². The molecule has 0 amide bonds. The maximum Gasteiger partial charge on any atom is -1.00 e. The fourth-order valence-electron chi connectivity index (χ4n) is 7.72. The molecule has 0 bridgehead atoms. The average molecular weight is 898 g/mol. The first-order chi connectivity index (χ1) is 24.6. The normalized spacial score (nSPS) is 16.0. The predicted molar refractivity (Wildman–Crippen MR) is 209 cm³/mol. The van der Waals surface area contributed by atoms with Gasteiger partial charge in [-0.15, -0.1) is 0 Å². The summed E-state index contributed by atoms with van der Waals surface area (Å²) in [6.45, 7) is 13.7. The third-order valence-corrected chi connectivity index (χ3v) is 15.7. The summed E-state index contributed by atoms with van der Waals surface area (Å²) in [7, 11) is 0. The van der Waals surface area contributed by atoms with Crippen LogP contribution in [0.1, 0.15) is 98.1 Å². The van der Waals surface area contributed by atoms with Gasteiger partial charge in [-0.3, -0.25) is 0 Å². The second kappa shape index (κ2) is 15.5. The van der Waals surface area contributed by atoms with Gasteiger partial charge in [-0.25, -0.2) is 0 Å². The van der Waals surface area contributed by atoms with E-state index in [-0.39, 0.29) is 47.5 Å². The second-order valence-corrected chi connectivity index (χ2v) is 21.0. The second-order valence-electron chi connectivity index (χ2n) is 16.0. The van der Waals surface area contributed by atoms with Gasteiger partial charge in [-0.1, -0.05) is 0 Å². The van der Waals surface area contributed by atoms with E-state index in [9.17, 15) is 0 Å². The van der Waals surface area contributed by atoms with Crippen molar-refractivity contribution in [1.29, 1.82) is 0 Å². The Hall–Kier alpha value is -3.89. The van der Waals surface area contributed by atoms with Gasteiger partial charge in [0.05, 0.1) is 0 Å². The van der Waals surface area contributed by atoms with Crippen molar-refractivity contribution in [3.8, 4) is 22.3 Å². The fraction of sp³-hybridized carbons (Fsp3) is 0.208. The number of nitrogens with zero attached hydrogens (tertiary/aromatic N) is 2. The molecule has 2 nitrogen and oxygen atoms in total. The van der Waals surface area contributed by atoms with Crippen LogP contribution < -0.4 is 24.8 Å². The molecule has 2 heterocycles. The van der Waals surface area contributed by atoms with Crippen LogP contribution in [0.5, 0.6) is 0 Å². The van der Waals surface area contributed by atoms with Crippen LogP contribution in [0.2, 0.25) is 0 Å². The molecule has 2 aliphatic carbocycles. The van der Waals surface area contributed by atoms with E-state index in [0.29, 0.717) is 0 Å². The van der Waals surface area contributed by atoms with Gasteiger partial charge in [-0.05, 0) is 0 Å². The molecule has 6 aromatic rings. The SMILES string of the molecule is CC(C)(C)c1ccc(-c2cccc3c2C=[C]([Hf+2][C]2=Cc4c(-c5ccc(C(C)(C)C)cc5)cccc4C2c2ccccn2)C3c2ccccn2)cc1.[Cl-].[Cl-]. The number of pyridine rings is 2. The molecule has 0 saturated heterocycles. The van der Waals surface area contributed by atoms with Gasteiger partial charge in [0, 0.05) is 0 Å². The topological polar surface area (TPSA) is 25.8 Å². The van der Waals surface area contributed by atoms with Crippen molar-refractivity contribution in [1.82, 2.24) is 9.97 Å². The molecule has 0 N–H and O–H groups in total.